The number of hydrogen-bond donors (Lipinski definition) is 3. The van der Waals surface area contributed by atoms with Crippen LogP contribution in [0.4, 0.5) is 28.4 Å². The topological polar surface area (TPSA) is 120 Å². The highest BCUT2D eigenvalue weighted by molar-refractivity contribution is 6.32. The number of hydrogen-bond acceptors (Lipinski definition) is 6. The van der Waals surface area contributed by atoms with Crippen LogP contribution in [0.3, 0.4) is 0 Å². The molecule has 9 heteroatoms. The fourth-order valence-electron chi connectivity index (χ4n) is 3.28. The van der Waals surface area contributed by atoms with E-state index in [0.29, 0.717) is 39.4 Å². The number of anilines is 4. The molecule has 0 saturated heterocycles. The number of nitrogen functional groups attached to an aromatic ring is 1. The lowest BCUT2D eigenvalue weighted by Gasteiger charge is -2.12. The maximum atomic E-state index is 12.6. The van der Waals surface area contributed by atoms with Gasteiger partial charge in [0.25, 0.3) is 5.91 Å². The smallest absolute Gasteiger partial charge is 0.320 e. The number of nitrogens with two attached hydrogens (primary N) is 1. The van der Waals surface area contributed by atoms with Gasteiger partial charge in [0.1, 0.15) is 0 Å². The van der Waals surface area contributed by atoms with Gasteiger partial charge in [0.05, 0.1) is 45.2 Å². The molecule has 1 aliphatic rings. The minimum absolute atomic E-state index is 0.0179. The molecule has 0 aliphatic carbocycles. The van der Waals surface area contributed by atoms with Crippen molar-refractivity contribution in [2.75, 3.05) is 23.5 Å². The van der Waals surface area contributed by atoms with Crippen LogP contribution < -0.4 is 21.1 Å². The van der Waals surface area contributed by atoms with Crippen molar-refractivity contribution in [3.8, 4) is 16.9 Å². The van der Waals surface area contributed by atoms with Crippen LogP contribution >= 0.6 is 11.6 Å². The third-order valence-electron chi connectivity index (χ3n) is 4.61. The Balaban J connectivity index is 1.88. The maximum Gasteiger partial charge on any atom is 0.320 e. The molecule has 0 bridgehead atoms. The summed E-state index contributed by atoms with van der Waals surface area (Å²) < 4.78 is 5.14. The highest BCUT2D eigenvalue weighted by Crippen LogP contribution is 2.44. The molecule has 0 saturated carbocycles. The molecule has 1 amide bonds. The summed E-state index contributed by atoms with van der Waals surface area (Å²) in [4.78, 5) is 23.8. The number of nitrogens with zero attached hydrogens (tertiary/aromatic N) is 1. The average molecular weight is 411 g/mol. The van der Waals surface area contributed by atoms with Crippen LogP contribution in [0.5, 0.6) is 5.75 Å². The molecule has 0 aromatic heterocycles. The van der Waals surface area contributed by atoms with Crippen molar-refractivity contribution in [3.63, 3.8) is 0 Å². The molecule has 4 rings (SSSR count). The van der Waals surface area contributed by atoms with Crippen LogP contribution in [0.25, 0.3) is 11.1 Å². The van der Waals surface area contributed by atoms with Crippen molar-refractivity contribution >= 4 is 45.9 Å². The van der Waals surface area contributed by atoms with Crippen molar-refractivity contribution < 1.29 is 14.5 Å². The molecular weight excluding hydrogens is 396 g/mol. The molecule has 3 aromatic rings. The molecule has 29 heavy (non-hydrogen) atoms. The summed E-state index contributed by atoms with van der Waals surface area (Å²) >= 11 is 6.05. The summed E-state index contributed by atoms with van der Waals surface area (Å²) in [5, 5.41) is 17.8. The van der Waals surface area contributed by atoms with Gasteiger partial charge >= 0.3 is 5.69 Å². The van der Waals surface area contributed by atoms with Gasteiger partial charge in [-0.25, -0.2) is 0 Å². The Kier molecular flexibility index (Phi) is 4.48. The van der Waals surface area contributed by atoms with Crippen molar-refractivity contribution in [1.29, 1.82) is 0 Å². The van der Waals surface area contributed by atoms with Crippen molar-refractivity contribution in [3.05, 3.63) is 69.2 Å². The van der Waals surface area contributed by atoms with Crippen molar-refractivity contribution in [1.82, 2.24) is 0 Å². The summed E-state index contributed by atoms with van der Waals surface area (Å²) in [6, 6.07) is 13.1. The van der Waals surface area contributed by atoms with Crippen LogP contribution in [0.15, 0.2) is 48.5 Å². The second-order valence-corrected chi connectivity index (χ2v) is 6.79. The Morgan fingerprint density at radius 3 is 2.48 bits per heavy atom. The number of benzene rings is 3. The number of amides is 1. The van der Waals surface area contributed by atoms with Gasteiger partial charge in [0.2, 0.25) is 5.75 Å². The molecule has 146 valence electrons. The zero-order chi connectivity index (χ0) is 20.7. The number of ether oxygens (including phenoxy) is 1. The quantitative estimate of drug-likeness (QED) is 0.323. The highest BCUT2D eigenvalue weighted by Gasteiger charge is 2.26. The zero-order valence-electron chi connectivity index (χ0n) is 15.2. The van der Waals surface area contributed by atoms with Gasteiger partial charge in [-0.05, 0) is 48.0 Å². The largest absolute Gasteiger partial charge is 0.489 e. The lowest BCUT2D eigenvalue weighted by molar-refractivity contribution is -0.385. The second-order valence-electron chi connectivity index (χ2n) is 6.38. The molecule has 0 fully saturated rings. The highest BCUT2D eigenvalue weighted by atomic mass is 35.5. The van der Waals surface area contributed by atoms with Crippen LogP contribution in [0.1, 0.15) is 10.4 Å². The van der Waals surface area contributed by atoms with Crippen molar-refractivity contribution in [2.24, 2.45) is 0 Å². The van der Waals surface area contributed by atoms with E-state index in [1.807, 2.05) is 0 Å². The first-order valence-electron chi connectivity index (χ1n) is 8.52. The van der Waals surface area contributed by atoms with Crippen LogP contribution in [-0.2, 0) is 0 Å². The first-order valence-corrected chi connectivity index (χ1v) is 8.90. The molecule has 0 radical (unpaired) electrons. The fourth-order valence-corrected chi connectivity index (χ4v) is 3.51. The third-order valence-corrected chi connectivity index (χ3v) is 4.90. The minimum atomic E-state index is -0.538. The number of carbonyl (C=O) groups is 1. The fraction of sp³-hybridized carbons (Fsp3) is 0.0500. The number of halogens is 1. The van der Waals surface area contributed by atoms with E-state index < -0.39 is 4.92 Å². The number of nitro benzene ring substituents is 1. The summed E-state index contributed by atoms with van der Waals surface area (Å²) in [7, 11) is 1.32. The van der Waals surface area contributed by atoms with E-state index in [1.54, 1.807) is 42.5 Å². The van der Waals surface area contributed by atoms with Crippen LogP contribution in [0.2, 0.25) is 5.02 Å². The Morgan fingerprint density at radius 1 is 1.00 bits per heavy atom. The maximum absolute atomic E-state index is 12.6. The molecular formula is C20H15ClN4O4. The summed E-state index contributed by atoms with van der Waals surface area (Å²) in [5.41, 5.74) is 9.04. The van der Waals surface area contributed by atoms with E-state index in [4.69, 9.17) is 22.1 Å². The van der Waals surface area contributed by atoms with E-state index in [1.165, 1.54) is 13.2 Å². The normalized spacial score (nSPS) is 12.1. The van der Waals surface area contributed by atoms with Gasteiger partial charge in [-0.2, -0.15) is 0 Å². The molecule has 0 unspecified atom stereocenters. The van der Waals surface area contributed by atoms with Crippen LogP contribution in [0, 0.1) is 10.1 Å². The van der Waals surface area contributed by atoms with Gasteiger partial charge in [0, 0.05) is 5.69 Å². The van der Waals surface area contributed by atoms with E-state index in [9.17, 15) is 14.9 Å². The lowest BCUT2D eigenvalue weighted by Crippen LogP contribution is -2.10. The number of rotatable bonds is 3. The number of nitrogens with one attached hydrogen (secondary N) is 2. The van der Waals surface area contributed by atoms with Crippen LogP contribution in [-0.4, -0.2) is 17.9 Å². The zero-order valence-corrected chi connectivity index (χ0v) is 15.9. The monoisotopic (exact) mass is 410 g/mol. The third kappa shape index (κ3) is 3.19. The SMILES string of the molecule is COc1c(Cl)ccc(-c2ccc3c(c2)Nc2ccc(N)cc2NC3=O)c1[N+](=O)[O-]. The van der Waals surface area contributed by atoms with E-state index in [2.05, 4.69) is 10.6 Å². The number of nitro groups is 1. The Bertz CT molecular complexity index is 1180. The molecule has 4 N–H and O–H groups in total. The predicted molar refractivity (Wildman–Crippen MR) is 112 cm³/mol. The minimum Gasteiger partial charge on any atom is -0.489 e. The first kappa shape index (κ1) is 18.6. The summed E-state index contributed by atoms with van der Waals surface area (Å²) in [6.07, 6.45) is 0. The Labute approximate surface area is 170 Å². The number of methoxy groups -OCH3 is 1. The van der Waals surface area contributed by atoms with E-state index >= 15 is 0 Å². The number of carbonyl (C=O) groups excluding carboxylic acids is 1. The number of fused-ring (bicyclic) bond motifs is 2. The van der Waals surface area contributed by atoms with Gasteiger partial charge < -0.3 is 21.1 Å². The van der Waals surface area contributed by atoms with E-state index in [0.717, 1.165) is 0 Å². The average Bonchev–Trinajstić information content (AvgIpc) is 2.82. The van der Waals surface area contributed by atoms with Gasteiger partial charge in [-0.3, -0.25) is 14.9 Å². The van der Waals surface area contributed by atoms with Crippen molar-refractivity contribution in [2.45, 2.75) is 0 Å². The molecule has 3 aromatic carbocycles. The summed E-state index contributed by atoms with van der Waals surface area (Å²) in [6.45, 7) is 0. The lowest BCUT2D eigenvalue weighted by atomic mass is 10.00. The second kappa shape index (κ2) is 6.99. The first-order chi connectivity index (χ1) is 13.9. The molecule has 1 heterocycles. The summed E-state index contributed by atoms with van der Waals surface area (Å²) in [5.74, 6) is -0.331. The Hall–Kier alpha value is -3.78. The van der Waals surface area contributed by atoms with Gasteiger partial charge in [-0.1, -0.05) is 17.7 Å². The molecule has 0 atom stereocenters. The molecule has 0 spiro atoms. The molecule has 8 nitrogen and oxygen atoms in total. The molecule has 1 aliphatic heterocycles. The van der Waals surface area contributed by atoms with Gasteiger partial charge in [0.15, 0.2) is 0 Å². The Morgan fingerprint density at radius 2 is 1.76 bits per heavy atom. The van der Waals surface area contributed by atoms with E-state index in [-0.39, 0.29) is 22.4 Å². The van der Waals surface area contributed by atoms with Gasteiger partial charge in [-0.15, -0.1) is 0 Å². The predicted octanol–water partition coefficient (Wildman–Crippen LogP) is 4.82. The standard InChI is InChI=1S/C20H15ClN4O4/c1-29-19-14(21)6-5-12(18(19)25(27)28)10-2-4-13-16(8-10)23-15-7-3-11(22)9-17(15)24-20(13)26/h2-9,23H,22H2,1H3,(H,24,26).